The van der Waals surface area contributed by atoms with Gasteiger partial charge in [0, 0.05) is 23.2 Å². The summed E-state index contributed by atoms with van der Waals surface area (Å²) in [6.45, 7) is 3.21. The van der Waals surface area contributed by atoms with Gasteiger partial charge in [-0.25, -0.2) is 4.79 Å². The molecule has 0 fully saturated rings. The topological polar surface area (TPSA) is 129 Å². The fourth-order valence-corrected chi connectivity index (χ4v) is 3.18. The van der Waals surface area contributed by atoms with Gasteiger partial charge in [-0.15, -0.1) is 0 Å². The van der Waals surface area contributed by atoms with Crippen molar-refractivity contribution in [3.05, 3.63) is 52.4 Å². The van der Waals surface area contributed by atoms with Crippen LogP contribution in [0.3, 0.4) is 0 Å². The number of rotatable bonds is 8. The second kappa shape index (κ2) is 8.77. The molecule has 0 aliphatic carbocycles. The number of carbonyl (C=O) groups excluding carboxylic acids is 1. The van der Waals surface area contributed by atoms with Gasteiger partial charge in [-0.2, -0.15) is 0 Å². The lowest BCUT2D eigenvalue weighted by atomic mass is 9.89. The minimum Gasteiger partial charge on any atom is -0.464 e. The summed E-state index contributed by atoms with van der Waals surface area (Å²) in [6, 6.07) is 3.43. The van der Waals surface area contributed by atoms with Crippen molar-refractivity contribution in [2.75, 3.05) is 13.7 Å². The van der Waals surface area contributed by atoms with E-state index in [0.29, 0.717) is 52.0 Å². The molecule has 0 saturated heterocycles. The summed E-state index contributed by atoms with van der Waals surface area (Å²) in [5.74, 6) is -0.538. The van der Waals surface area contributed by atoms with Crippen LogP contribution in [0.5, 0.6) is 0 Å². The van der Waals surface area contributed by atoms with Crippen LogP contribution >= 0.6 is 0 Å². The van der Waals surface area contributed by atoms with Gasteiger partial charge >= 0.3 is 5.97 Å². The Bertz CT molecular complexity index is 811. The van der Waals surface area contributed by atoms with Gasteiger partial charge in [0.1, 0.15) is 5.69 Å². The third-order valence-electron chi connectivity index (χ3n) is 4.39. The molecule has 0 atom stereocenters. The normalized spacial score (nSPS) is 10.8. The van der Waals surface area contributed by atoms with Crippen molar-refractivity contribution in [1.29, 1.82) is 0 Å². The minimum atomic E-state index is -0.538. The maximum absolute atomic E-state index is 12.1. The Morgan fingerprint density at radius 1 is 1.23 bits per heavy atom. The van der Waals surface area contributed by atoms with E-state index < -0.39 is 5.97 Å². The molecule has 1 aromatic heterocycles. The predicted octanol–water partition coefficient (Wildman–Crippen LogP) is 1.09. The van der Waals surface area contributed by atoms with Crippen molar-refractivity contribution >= 4 is 12.0 Å². The van der Waals surface area contributed by atoms with Crippen molar-refractivity contribution in [3.8, 4) is 11.1 Å². The number of H-pyrrole nitrogens is 1. The zero-order valence-corrected chi connectivity index (χ0v) is 14.7. The van der Waals surface area contributed by atoms with E-state index in [1.165, 1.54) is 13.2 Å². The van der Waals surface area contributed by atoms with Gasteiger partial charge in [0.25, 0.3) is 0 Å². The van der Waals surface area contributed by atoms with Crippen molar-refractivity contribution in [1.82, 2.24) is 4.98 Å². The standard InChI is InChI=1S/C19H24N2O5/c1-3-12-17(16(6-7-20)21-18(12)19(25)26-2)13-5-4-11(8-22)14(9-23)15(13)10-24/h3-5,21-24H,1,6-10,20H2,2H3. The lowest BCUT2D eigenvalue weighted by molar-refractivity contribution is 0.0594. The van der Waals surface area contributed by atoms with Crippen LogP contribution in [-0.2, 0) is 31.0 Å². The number of hydrogen-bond donors (Lipinski definition) is 5. The second-order valence-electron chi connectivity index (χ2n) is 5.71. The van der Waals surface area contributed by atoms with Crippen LogP contribution in [0.15, 0.2) is 18.7 Å². The highest BCUT2D eigenvalue weighted by molar-refractivity contribution is 5.97. The molecule has 0 amide bonds. The van der Waals surface area contributed by atoms with E-state index in [1.807, 2.05) is 0 Å². The Labute approximate surface area is 151 Å². The first-order valence-corrected chi connectivity index (χ1v) is 8.20. The average Bonchev–Trinajstić information content (AvgIpc) is 3.04. The number of methoxy groups -OCH3 is 1. The summed E-state index contributed by atoms with van der Waals surface area (Å²) < 4.78 is 4.83. The molecule has 1 aromatic carbocycles. The van der Waals surface area contributed by atoms with Gasteiger partial charge in [-0.1, -0.05) is 24.8 Å². The summed E-state index contributed by atoms with van der Waals surface area (Å²) in [5, 5.41) is 29.1. The van der Waals surface area contributed by atoms with Crippen LogP contribution in [0.25, 0.3) is 17.2 Å². The highest BCUT2D eigenvalue weighted by Gasteiger charge is 2.24. The third-order valence-corrected chi connectivity index (χ3v) is 4.39. The molecule has 0 radical (unpaired) electrons. The van der Waals surface area contributed by atoms with Crippen molar-refractivity contribution < 1.29 is 24.9 Å². The summed E-state index contributed by atoms with van der Waals surface area (Å²) >= 11 is 0. The molecule has 2 aromatic rings. The number of aliphatic hydroxyl groups excluding tert-OH is 3. The average molecular weight is 360 g/mol. The Balaban J connectivity index is 2.84. The minimum absolute atomic E-state index is 0.252. The number of benzene rings is 1. The van der Waals surface area contributed by atoms with Gasteiger partial charge in [-0.3, -0.25) is 0 Å². The van der Waals surface area contributed by atoms with Crippen LogP contribution in [0.2, 0.25) is 0 Å². The number of ether oxygens (including phenoxy) is 1. The first-order valence-electron chi connectivity index (χ1n) is 8.20. The van der Waals surface area contributed by atoms with Crippen LogP contribution in [0.4, 0.5) is 0 Å². The van der Waals surface area contributed by atoms with Crippen LogP contribution in [0, 0.1) is 0 Å². The number of aromatic amines is 1. The molecule has 0 unspecified atom stereocenters. The number of esters is 1. The van der Waals surface area contributed by atoms with Gasteiger partial charge in [0.2, 0.25) is 0 Å². The van der Waals surface area contributed by atoms with Crippen molar-refractivity contribution in [3.63, 3.8) is 0 Å². The van der Waals surface area contributed by atoms with Crippen LogP contribution in [-0.4, -0.2) is 39.9 Å². The SMILES string of the molecule is C=Cc1c(C(=O)OC)[nH]c(CCN)c1-c1ccc(CO)c(CO)c1CO. The van der Waals surface area contributed by atoms with E-state index in [-0.39, 0.29) is 25.5 Å². The molecule has 0 saturated carbocycles. The summed E-state index contributed by atoms with van der Waals surface area (Å²) in [6.07, 6.45) is 2.01. The number of aromatic nitrogens is 1. The van der Waals surface area contributed by atoms with E-state index >= 15 is 0 Å². The maximum atomic E-state index is 12.1. The molecule has 0 bridgehead atoms. The van der Waals surface area contributed by atoms with Crippen LogP contribution < -0.4 is 5.73 Å². The molecule has 0 aliphatic rings. The van der Waals surface area contributed by atoms with Gasteiger partial charge in [-0.05, 0) is 28.8 Å². The zero-order valence-electron chi connectivity index (χ0n) is 14.7. The lowest BCUT2D eigenvalue weighted by Crippen LogP contribution is -2.07. The van der Waals surface area contributed by atoms with E-state index in [0.717, 1.165) is 0 Å². The largest absolute Gasteiger partial charge is 0.464 e. The Morgan fingerprint density at radius 2 is 1.92 bits per heavy atom. The van der Waals surface area contributed by atoms with E-state index in [1.54, 1.807) is 12.1 Å². The molecule has 0 spiro atoms. The Kier molecular flexibility index (Phi) is 6.70. The monoisotopic (exact) mass is 360 g/mol. The first-order chi connectivity index (χ1) is 12.6. The lowest BCUT2D eigenvalue weighted by Gasteiger charge is -2.17. The molecule has 0 aliphatic heterocycles. The molecule has 140 valence electrons. The quantitative estimate of drug-likeness (QED) is 0.448. The molecule has 7 heteroatoms. The van der Waals surface area contributed by atoms with E-state index in [9.17, 15) is 20.1 Å². The Morgan fingerprint density at radius 3 is 2.42 bits per heavy atom. The molecular formula is C19H24N2O5. The van der Waals surface area contributed by atoms with Crippen molar-refractivity contribution in [2.24, 2.45) is 5.73 Å². The second-order valence-corrected chi connectivity index (χ2v) is 5.71. The van der Waals surface area contributed by atoms with Crippen molar-refractivity contribution in [2.45, 2.75) is 26.2 Å². The molecule has 26 heavy (non-hydrogen) atoms. The highest BCUT2D eigenvalue weighted by Crippen LogP contribution is 2.36. The first kappa shape index (κ1) is 19.9. The molecular weight excluding hydrogens is 336 g/mol. The fourth-order valence-electron chi connectivity index (χ4n) is 3.18. The maximum Gasteiger partial charge on any atom is 0.355 e. The van der Waals surface area contributed by atoms with Crippen LogP contribution in [0.1, 0.15) is 38.4 Å². The molecule has 2 rings (SSSR count). The number of nitrogens with two attached hydrogens (primary N) is 1. The fraction of sp³-hybridized carbons (Fsp3) is 0.316. The summed E-state index contributed by atoms with van der Waals surface area (Å²) in [7, 11) is 1.29. The van der Waals surface area contributed by atoms with E-state index in [2.05, 4.69) is 11.6 Å². The number of nitrogens with one attached hydrogen (secondary N) is 1. The molecule has 1 heterocycles. The third kappa shape index (κ3) is 3.42. The predicted molar refractivity (Wildman–Crippen MR) is 98.2 cm³/mol. The van der Waals surface area contributed by atoms with E-state index in [4.69, 9.17) is 10.5 Å². The summed E-state index contributed by atoms with van der Waals surface area (Å²) in [4.78, 5) is 15.2. The Hall–Kier alpha value is -2.45. The molecule has 7 nitrogen and oxygen atoms in total. The molecule has 6 N–H and O–H groups in total. The smallest absolute Gasteiger partial charge is 0.355 e. The summed E-state index contributed by atoms with van der Waals surface area (Å²) in [5.41, 5.74) is 9.99. The number of carbonyl (C=O) groups is 1. The zero-order chi connectivity index (χ0) is 19.3. The number of hydrogen-bond acceptors (Lipinski definition) is 6. The van der Waals surface area contributed by atoms with Gasteiger partial charge in [0.15, 0.2) is 0 Å². The van der Waals surface area contributed by atoms with Gasteiger partial charge in [0.05, 0.1) is 26.9 Å². The number of aliphatic hydroxyl groups is 3. The van der Waals surface area contributed by atoms with Gasteiger partial charge < -0.3 is 30.8 Å². The highest BCUT2D eigenvalue weighted by atomic mass is 16.5.